The van der Waals surface area contributed by atoms with Crippen LogP contribution in [-0.2, 0) is 6.54 Å². The zero-order valence-electron chi connectivity index (χ0n) is 8.89. The SMILES string of the molecule is NCc1sc(-c2cccnc2)nc1C1CC1. The first-order valence-electron chi connectivity index (χ1n) is 5.48. The average Bonchev–Trinajstić information content (AvgIpc) is 3.10. The third-order valence-electron chi connectivity index (χ3n) is 2.79. The van der Waals surface area contributed by atoms with Gasteiger partial charge >= 0.3 is 0 Å². The molecule has 1 aliphatic rings. The molecule has 82 valence electrons. The van der Waals surface area contributed by atoms with E-state index in [-0.39, 0.29) is 0 Å². The molecule has 2 aromatic heterocycles. The Morgan fingerprint density at radius 1 is 1.44 bits per heavy atom. The summed E-state index contributed by atoms with van der Waals surface area (Å²) in [6.07, 6.45) is 6.17. The van der Waals surface area contributed by atoms with Crippen LogP contribution in [0.5, 0.6) is 0 Å². The minimum Gasteiger partial charge on any atom is -0.326 e. The minimum atomic E-state index is 0.601. The van der Waals surface area contributed by atoms with Gasteiger partial charge in [0.15, 0.2) is 0 Å². The fourth-order valence-electron chi connectivity index (χ4n) is 1.80. The summed E-state index contributed by atoms with van der Waals surface area (Å²) in [6, 6.07) is 3.98. The van der Waals surface area contributed by atoms with Crippen LogP contribution < -0.4 is 5.73 Å². The van der Waals surface area contributed by atoms with Crippen LogP contribution in [0.1, 0.15) is 29.3 Å². The topological polar surface area (TPSA) is 51.8 Å². The monoisotopic (exact) mass is 231 g/mol. The van der Waals surface area contributed by atoms with E-state index in [1.165, 1.54) is 23.4 Å². The average molecular weight is 231 g/mol. The van der Waals surface area contributed by atoms with Crippen LogP contribution in [-0.4, -0.2) is 9.97 Å². The molecule has 0 atom stereocenters. The summed E-state index contributed by atoms with van der Waals surface area (Å²) >= 11 is 1.70. The molecule has 0 radical (unpaired) electrons. The number of pyridine rings is 1. The second-order valence-corrected chi connectivity index (χ2v) is 5.13. The lowest BCUT2D eigenvalue weighted by Crippen LogP contribution is -1.96. The summed E-state index contributed by atoms with van der Waals surface area (Å²) < 4.78 is 0. The van der Waals surface area contributed by atoms with Crippen molar-refractivity contribution < 1.29 is 0 Å². The molecule has 1 aliphatic carbocycles. The van der Waals surface area contributed by atoms with Gasteiger partial charge in [0, 0.05) is 35.3 Å². The molecule has 1 fully saturated rings. The maximum absolute atomic E-state index is 5.76. The number of aromatic nitrogens is 2. The Morgan fingerprint density at radius 3 is 2.94 bits per heavy atom. The summed E-state index contributed by atoms with van der Waals surface area (Å²) in [6.45, 7) is 0.601. The number of nitrogens with two attached hydrogens (primary N) is 1. The van der Waals surface area contributed by atoms with Crippen molar-refractivity contribution in [2.24, 2.45) is 5.73 Å². The van der Waals surface area contributed by atoms with Gasteiger partial charge in [0.05, 0.1) is 5.69 Å². The Kier molecular flexibility index (Phi) is 2.46. The van der Waals surface area contributed by atoms with Crippen molar-refractivity contribution >= 4 is 11.3 Å². The molecule has 2 aromatic rings. The molecule has 2 N–H and O–H groups in total. The van der Waals surface area contributed by atoms with Crippen LogP contribution in [0, 0.1) is 0 Å². The van der Waals surface area contributed by atoms with Crippen molar-refractivity contribution in [1.29, 1.82) is 0 Å². The van der Waals surface area contributed by atoms with Gasteiger partial charge in [-0.15, -0.1) is 11.3 Å². The third kappa shape index (κ3) is 1.74. The van der Waals surface area contributed by atoms with Crippen molar-refractivity contribution in [3.05, 3.63) is 35.1 Å². The first kappa shape index (κ1) is 9.93. The standard InChI is InChI=1S/C12H13N3S/c13-6-10-11(8-3-4-8)15-12(16-10)9-2-1-5-14-7-9/h1-2,5,7-8H,3-4,6,13H2. The normalized spacial score (nSPS) is 15.3. The van der Waals surface area contributed by atoms with E-state index in [2.05, 4.69) is 4.98 Å². The van der Waals surface area contributed by atoms with Crippen LogP contribution in [0.3, 0.4) is 0 Å². The van der Waals surface area contributed by atoms with E-state index in [0.29, 0.717) is 12.5 Å². The molecular weight excluding hydrogens is 218 g/mol. The van der Waals surface area contributed by atoms with Gasteiger partial charge in [0.25, 0.3) is 0 Å². The van der Waals surface area contributed by atoms with Gasteiger partial charge in [-0.05, 0) is 25.0 Å². The first-order valence-corrected chi connectivity index (χ1v) is 6.30. The molecule has 4 heteroatoms. The van der Waals surface area contributed by atoms with Crippen molar-refractivity contribution in [3.63, 3.8) is 0 Å². The highest BCUT2D eigenvalue weighted by Crippen LogP contribution is 2.43. The van der Waals surface area contributed by atoms with E-state index in [1.54, 1.807) is 17.5 Å². The van der Waals surface area contributed by atoms with E-state index >= 15 is 0 Å². The Morgan fingerprint density at radius 2 is 2.31 bits per heavy atom. The van der Waals surface area contributed by atoms with Gasteiger partial charge in [-0.1, -0.05) is 0 Å². The van der Waals surface area contributed by atoms with Crippen LogP contribution in [0.4, 0.5) is 0 Å². The number of nitrogens with zero attached hydrogens (tertiary/aromatic N) is 2. The molecule has 0 unspecified atom stereocenters. The molecular formula is C12H13N3S. The Labute approximate surface area is 98.4 Å². The summed E-state index contributed by atoms with van der Waals surface area (Å²) in [5.41, 5.74) is 8.08. The van der Waals surface area contributed by atoms with E-state index in [1.807, 2.05) is 18.3 Å². The highest BCUT2D eigenvalue weighted by Gasteiger charge is 2.29. The van der Waals surface area contributed by atoms with E-state index in [0.717, 1.165) is 10.6 Å². The molecule has 16 heavy (non-hydrogen) atoms. The second kappa shape index (κ2) is 3.96. The van der Waals surface area contributed by atoms with Gasteiger partial charge in [-0.25, -0.2) is 4.98 Å². The summed E-state index contributed by atoms with van der Waals surface area (Å²) in [5, 5.41) is 1.05. The fraction of sp³-hybridized carbons (Fsp3) is 0.333. The smallest absolute Gasteiger partial charge is 0.125 e. The highest BCUT2D eigenvalue weighted by molar-refractivity contribution is 7.15. The lowest BCUT2D eigenvalue weighted by Gasteiger charge is -1.93. The molecule has 0 spiro atoms. The predicted octanol–water partition coefficient (Wildman–Crippen LogP) is 2.54. The fourth-order valence-corrected chi connectivity index (χ4v) is 2.81. The van der Waals surface area contributed by atoms with Crippen molar-refractivity contribution in [2.45, 2.75) is 25.3 Å². The van der Waals surface area contributed by atoms with Gasteiger partial charge in [0.2, 0.25) is 0 Å². The molecule has 0 saturated heterocycles. The predicted molar refractivity (Wildman–Crippen MR) is 65.2 cm³/mol. The maximum Gasteiger partial charge on any atom is 0.125 e. The van der Waals surface area contributed by atoms with E-state index < -0.39 is 0 Å². The highest BCUT2D eigenvalue weighted by atomic mass is 32.1. The second-order valence-electron chi connectivity index (χ2n) is 4.05. The molecule has 3 rings (SSSR count). The summed E-state index contributed by atoms with van der Waals surface area (Å²) in [5.74, 6) is 0.667. The summed E-state index contributed by atoms with van der Waals surface area (Å²) in [7, 11) is 0. The van der Waals surface area contributed by atoms with Gasteiger partial charge in [-0.3, -0.25) is 4.98 Å². The van der Waals surface area contributed by atoms with E-state index in [9.17, 15) is 0 Å². The Balaban J connectivity index is 2.02. The van der Waals surface area contributed by atoms with Crippen molar-refractivity contribution in [3.8, 4) is 10.6 Å². The van der Waals surface area contributed by atoms with Crippen molar-refractivity contribution in [1.82, 2.24) is 9.97 Å². The van der Waals surface area contributed by atoms with Crippen LogP contribution in [0.15, 0.2) is 24.5 Å². The lowest BCUT2D eigenvalue weighted by molar-refractivity contribution is 0.979. The van der Waals surface area contributed by atoms with Crippen LogP contribution >= 0.6 is 11.3 Å². The number of hydrogen-bond donors (Lipinski definition) is 1. The molecule has 3 nitrogen and oxygen atoms in total. The Hall–Kier alpha value is -1.26. The van der Waals surface area contributed by atoms with Crippen LogP contribution in [0.2, 0.25) is 0 Å². The zero-order valence-corrected chi connectivity index (χ0v) is 9.70. The van der Waals surface area contributed by atoms with E-state index in [4.69, 9.17) is 10.7 Å². The minimum absolute atomic E-state index is 0.601. The Bertz CT molecular complexity index is 488. The maximum atomic E-state index is 5.76. The molecule has 2 heterocycles. The molecule has 0 aromatic carbocycles. The quantitative estimate of drug-likeness (QED) is 0.883. The number of thiazole rings is 1. The van der Waals surface area contributed by atoms with Gasteiger partial charge in [-0.2, -0.15) is 0 Å². The molecule has 1 saturated carbocycles. The molecule has 0 aliphatic heterocycles. The van der Waals surface area contributed by atoms with Gasteiger partial charge < -0.3 is 5.73 Å². The van der Waals surface area contributed by atoms with Crippen LogP contribution in [0.25, 0.3) is 10.6 Å². The number of hydrogen-bond acceptors (Lipinski definition) is 4. The summed E-state index contributed by atoms with van der Waals surface area (Å²) in [4.78, 5) is 10.1. The van der Waals surface area contributed by atoms with Crippen molar-refractivity contribution in [2.75, 3.05) is 0 Å². The third-order valence-corrected chi connectivity index (χ3v) is 3.93. The zero-order chi connectivity index (χ0) is 11.0. The first-order chi connectivity index (χ1) is 7.88. The van der Waals surface area contributed by atoms with Gasteiger partial charge in [0.1, 0.15) is 5.01 Å². The lowest BCUT2D eigenvalue weighted by atomic mass is 10.2. The number of rotatable bonds is 3. The molecule has 0 bridgehead atoms. The molecule has 0 amide bonds. The largest absolute Gasteiger partial charge is 0.326 e.